The summed E-state index contributed by atoms with van der Waals surface area (Å²) in [6, 6.07) is 4.65. The molecular formula is C19H18Cl2N8O. The third-order valence-electron chi connectivity index (χ3n) is 4.45. The molecule has 0 bridgehead atoms. The van der Waals surface area contributed by atoms with Gasteiger partial charge in [-0.2, -0.15) is 10.2 Å². The number of urea groups is 1. The predicted octanol–water partition coefficient (Wildman–Crippen LogP) is 4.60. The van der Waals surface area contributed by atoms with Gasteiger partial charge in [-0.25, -0.2) is 14.3 Å². The smallest absolute Gasteiger partial charge is 0.306 e. The lowest BCUT2D eigenvalue weighted by Crippen LogP contribution is -2.22. The Labute approximate surface area is 182 Å². The van der Waals surface area contributed by atoms with Crippen molar-refractivity contribution in [2.75, 3.05) is 10.6 Å². The fraction of sp³-hybridized carbons (Fsp3) is 0.211. The number of hydrogen-bond donors (Lipinski definition) is 2. The standard InChI is InChI=1S/C19H18Cl2N8O/c1-10(2)18-13(9-22-16-7-15(21)27-29(16)18)26-19(30)25-11-6-12(20)17(23-8-11)14-4-5-24-28(14)3/h4-10H,1-3H3,(H2,25,26,30). The lowest BCUT2D eigenvalue weighted by Gasteiger charge is -2.15. The molecule has 0 aliphatic rings. The lowest BCUT2D eigenvalue weighted by molar-refractivity contribution is 0.262. The molecule has 0 saturated carbocycles. The second-order valence-corrected chi connectivity index (χ2v) is 7.72. The molecule has 0 aliphatic carbocycles. The summed E-state index contributed by atoms with van der Waals surface area (Å²) in [5.41, 5.74) is 3.72. The molecule has 4 aromatic heterocycles. The van der Waals surface area contributed by atoms with Crippen molar-refractivity contribution in [3.05, 3.63) is 52.7 Å². The summed E-state index contributed by atoms with van der Waals surface area (Å²) in [6.45, 7) is 3.99. The molecule has 30 heavy (non-hydrogen) atoms. The SMILES string of the molecule is CC(C)c1c(NC(=O)Nc2cnc(-c3ccnn3C)c(Cl)c2)cnc2cc(Cl)nn12. The summed E-state index contributed by atoms with van der Waals surface area (Å²) >= 11 is 12.4. The molecule has 0 fully saturated rings. The van der Waals surface area contributed by atoms with Crippen LogP contribution >= 0.6 is 23.2 Å². The Hall–Kier alpha value is -3.17. The average molecular weight is 445 g/mol. The van der Waals surface area contributed by atoms with Crippen molar-refractivity contribution in [1.29, 1.82) is 0 Å². The number of amides is 2. The van der Waals surface area contributed by atoms with Gasteiger partial charge < -0.3 is 10.6 Å². The number of carbonyl (C=O) groups is 1. The van der Waals surface area contributed by atoms with Crippen molar-refractivity contribution < 1.29 is 4.79 Å². The minimum atomic E-state index is -0.456. The van der Waals surface area contributed by atoms with Crippen LogP contribution in [0.3, 0.4) is 0 Å². The normalized spacial score (nSPS) is 11.3. The highest BCUT2D eigenvalue weighted by molar-refractivity contribution is 6.33. The second kappa shape index (κ2) is 7.92. The van der Waals surface area contributed by atoms with Crippen molar-refractivity contribution in [2.45, 2.75) is 19.8 Å². The largest absolute Gasteiger partial charge is 0.323 e. The third-order valence-corrected chi connectivity index (χ3v) is 4.92. The Morgan fingerprint density at radius 2 is 1.93 bits per heavy atom. The first-order valence-corrected chi connectivity index (χ1v) is 9.85. The summed E-state index contributed by atoms with van der Waals surface area (Å²) in [6.07, 6.45) is 4.78. The number of rotatable bonds is 4. The number of fused-ring (bicyclic) bond motifs is 1. The van der Waals surface area contributed by atoms with Crippen LogP contribution in [0.5, 0.6) is 0 Å². The number of carbonyl (C=O) groups excluding carboxylic acids is 1. The molecule has 4 aromatic rings. The van der Waals surface area contributed by atoms with Gasteiger partial charge in [0.05, 0.1) is 40.2 Å². The Bertz CT molecular complexity index is 1250. The Morgan fingerprint density at radius 1 is 1.13 bits per heavy atom. The van der Waals surface area contributed by atoms with E-state index in [-0.39, 0.29) is 5.92 Å². The molecule has 0 saturated heterocycles. The van der Waals surface area contributed by atoms with Crippen molar-refractivity contribution >= 4 is 46.3 Å². The maximum atomic E-state index is 12.6. The quantitative estimate of drug-likeness (QED) is 0.478. The van der Waals surface area contributed by atoms with Gasteiger partial charge in [0, 0.05) is 19.3 Å². The van der Waals surface area contributed by atoms with E-state index in [9.17, 15) is 4.79 Å². The Kier molecular flexibility index (Phi) is 5.31. The maximum Gasteiger partial charge on any atom is 0.323 e. The fourth-order valence-electron chi connectivity index (χ4n) is 3.16. The summed E-state index contributed by atoms with van der Waals surface area (Å²) < 4.78 is 3.30. The van der Waals surface area contributed by atoms with Crippen LogP contribution < -0.4 is 10.6 Å². The minimum absolute atomic E-state index is 0.0658. The average Bonchev–Trinajstić information content (AvgIpc) is 3.26. The highest BCUT2D eigenvalue weighted by Gasteiger charge is 2.17. The number of anilines is 2. The van der Waals surface area contributed by atoms with Gasteiger partial charge in [-0.3, -0.25) is 9.67 Å². The van der Waals surface area contributed by atoms with Gasteiger partial charge in [0.25, 0.3) is 0 Å². The van der Waals surface area contributed by atoms with Crippen LogP contribution in [0.1, 0.15) is 25.5 Å². The zero-order valence-electron chi connectivity index (χ0n) is 16.4. The van der Waals surface area contributed by atoms with E-state index in [4.69, 9.17) is 23.2 Å². The van der Waals surface area contributed by atoms with E-state index in [0.717, 1.165) is 11.4 Å². The monoisotopic (exact) mass is 444 g/mol. The van der Waals surface area contributed by atoms with Crippen LogP contribution in [0.4, 0.5) is 16.2 Å². The molecule has 9 nitrogen and oxygen atoms in total. The molecule has 4 heterocycles. The van der Waals surface area contributed by atoms with Crippen molar-refractivity contribution in [3.63, 3.8) is 0 Å². The Morgan fingerprint density at radius 3 is 2.60 bits per heavy atom. The zero-order chi connectivity index (χ0) is 21.4. The van der Waals surface area contributed by atoms with Gasteiger partial charge in [-0.15, -0.1) is 0 Å². The molecule has 0 radical (unpaired) electrons. The van der Waals surface area contributed by atoms with Gasteiger partial charge in [0.1, 0.15) is 5.69 Å². The van der Waals surface area contributed by atoms with Crippen molar-refractivity contribution in [2.24, 2.45) is 7.05 Å². The number of nitrogens with one attached hydrogen (secondary N) is 2. The zero-order valence-corrected chi connectivity index (χ0v) is 17.9. The highest BCUT2D eigenvalue weighted by Crippen LogP contribution is 2.28. The molecule has 11 heteroatoms. The Balaban J connectivity index is 1.56. The molecule has 0 aromatic carbocycles. The van der Waals surface area contributed by atoms with Crippen LogP contribution in [-0.4, -0.2) is 35.4 Å². The first-order chi connectivity index (χ1) is 14.3. The molecule has 0 unspecified atom stereocenters. The minimum Gasteiger partial charge on any atom is -0.306 e. The van der Waals surface area contributed by atoms with Gasteiger partial charge in [0.2, 0.25) is 0 Å². The highest BCUT2D eigenvalue weighted by atomic mass is 35.5. The molecule has 2 N–H and O–H groups in total. The van der Waals surface area contributed by atoms with Crippen molar-refractivity contribution in [1.82, 2.24) is 29.4 Å². The first kappa shape index (κ1) is 20.1. The van der Waals surface area contributed by atoms with Crippen LogP contribution in [0, 0.1) is 0 Å². The number of halogens is 2. The van der Waals surface area contributed by atoms with E-state index in [1.165, 1.54) is 6.20 Å². The predicted molar refractivity (Wildman–Crippen MR) is 116 cm³/mol. The molecule has 0 spiro atoms. The van der Waals surface area contributed by atoms with Crippen LogP contribution in [0.15, 0.2) is 36.8 Å². The number of aromatic nitrogens is 6. The lowest BCUT2D eigenvalue weighted by atomic mass is 10.1. The van der Waals surface area contributed by atoms with E-state index >= 15 is 0 Å². The molecule has 2 amide bonds. The fourth-order valence-corrected chi connectivity index (χ4v) is 3.60. The topological polar surface area (TPSA) is 102 Å². The van der Waals surface area contributed by atoms with Gasteiger partial charge in [-0.05, 0) is 18.1 Å². The van der Waals surface area contributed by atoms with E-state index in [0.29, 0.717) is 32.9 Å². The second-order valence-electron chi connectivity index (χ2n) is 6.92. The van der Waals surface area contributed by atoms with Crippen molar-refractivity contribution in [3.8, 4) is 11.4 Å². The molecule has 0 aliphatic heterocycles. The molecule has 0 atom stereocenters. The third kappa shape index (κ3) is 3.81. The number of nitrogens with zero attached hydrogens (tertiary/aromatic N) is 6. The molecule has 154 valence electrons. The van der Waals surface area contributed by atoms with Crippen LogP contribution in [0.2, 0.25) is 10.2 Å². The first-order valence-electron chi connectivity index (χ1n) is 9.09. The summed E-state index contributed by atoms with van der Waals surface area (Å²) in [4.78, 5) is 21.2. The number of hydrogen-bond acceptors (Lipinski definition) is 5. The van der Waals surface area contributed by atoms with Gasteiger partial charge in [-0.1, -0.05) is 37.0 Å². The van der Waals surface area contributed by atoms with E-state index in [1.54, 1.807) is 40.8 Å². The van der Waals surface area contributed by atoms with Crippen LogP contribution in [-0.2, 0) is 7.05 Å². The van der Waals surface area contributed by atoms with Crippen LogP contribution in [0.25, 0.3) is 17.0 Å². The summed E-state index contributed by atoms with van der Waals surface area (Å²) in [5.74, 6) is 0.0658. The number of pyridine rings is 1. The number of aryl methyl sites for hydroxylation is 1. The molecule has 4 rings (SSSR count). The van der Waals surface area contributed by atoms with E-state index in [1.807, 2.05) is 19.9 Å². The summed E-state index contributed by atoms with van der Waals surface area (Å²) in [7, 11) is 1.80. The van der Waals surface area contributed by atoms with Gasteiger partial charge >= 0.3 is 6.03 Å². The van der Waals surface area contributed by atoms with E-state index < -0.39 is 6.03 Å². The maximum absolute atomic E-state index is 12.6. The van der Waals surface area contributed by atoms with Gasteiger partial charge in [0.15, 0.2) is 10.8 Å². The molecular weight excluding hydrogens is 427 g/mol. The van der Waals surface area contributed by atoms with E-state index in [2.05, 4.69) is 30.8 Å². The summed E-state index contributed by atoms with van der Waals surface area (Å²) in [5, 5.41) is 14.6.